The van der Waals surface area contributed by atoms with Crippen LogP contribution in [0.5, 0.6) is 0 Å². The Balaban J connectivity index is 1.67. The van der Waals surface area contributed by atoms with E-state index < -0.39 is 0 Å². The molecule has 126 valence electrons. The monoisotopic (exact) mass is 352 g/mol. The van der Waals surface area contributed by atoms with Gasteiger partial charge in [0.1, 0.15) is 17.8 Å². The Morgan fingerprint density at radius 2 is 1.84 bits per heavy atom. The van der Waals surface area contributed by atoms with Crippen LogP contribution >= 0.6 is 11.6 Å². The standard InChI is InChI=1S/C19H17ClN4O/c1-13-6-8-15(9-7-13)24-18-10-17(22-12-23-18)19(25)21-11-14-4-2-3-5-16(14)20/h2-10,12H,11H2,1H3,(H,21,25)(H,22,23,24). The second-order valence-corrected chi connectivity index (χ2v) is 5.96. The van der Waals surface area contributed by atoms with E-state index in [1.165, 1.54) is 11.9 Å². The van der Waals surface area contributed by atoms with Crippen LogP contribution in [0, 0.1) is 6.92 Å². The number of aromatic nitrogens is 2. The van der Waals surface area contributed by atoms with Crippen molar-refractivity contribution in [2.45, 2.75) is 13.5 Å². The molecule has 0 unspecified atom stereocenters. The zero-order valence-electron chi connectivity index (χ0n) is 13.7. The molecule has 2 N–H and O–H groups in total. The van der Waals surface area contributed by atoms with Gasteiger partial charge >= 0.3 is 0 Å². The van der Waals surface area contributed by atoms with Gasteiger partial charge in [0, 0.05) is 23.3 Å². The van der Waals surface area contributed by atoms with E-state index in [0.29, 0.717) is 17.4 Å². The van der Waals surface area contributed by atoms with Crippen LogP contribution in [0.4, 0.5) is 11.5 Å². The number of rotatable bonds is 5. The fourth-order valence-electron chi connectivity index (χ4n) is 2.24. The van der Waals surface area contributed by atoms with Crippen LogP contribution in [0.1, 0.15) is 21.6 Å². The molecular formula is C19H17ClN4O. The molecule has 0 aliphatic heterocycles. The van der Waals surface area contributed by atoms with Crippen molar-refractivity contribution in [3.63, 3.8) is 0 Å². The van der Waals surface area contributed by atoms with Gasteiger partial charge in [0.2, 0.25) is 0 Å². The lowest BCUT2D eigenvalue weighted by atomic mass is 10.2. The Morgan fingerprint density at radius 3 is 2.60 bits per heavy atom. The maximum Gasteiger partial charge on any atom is 0.270 e. The summed E-state index contributed by atoms with van der Waals surface area (Å²) < 4.78 is 0. The summed E-state index contributed by atoms with van der Waals surface area (Å²) in [6.45, 7) is 2.36. The van der Waals surface area contributed by atoms with Crippen LogP contribution in [-0.4, -0.2) is 15.9 Å². The van der Waals surface area contributed by atoms with Crippen molar-refractivity contribution in [3.8, 4) is 0 Å². The summed E-state index contributed by atoms with van der Waals surface area (Å²) in [6, 6.07) is 16.9. The molecule has 0 bridgehead atoms. The zero-order valence-corrected chi connectivity index (χ0v) is 14.4. The van der Waals surface area contributed by atoms with E-state index in [9.17, 15) is 4.79 Å². The van der Waals surface area contributed by atoms with E-state index in [1.54, 1.807) is 12.1 Å². The molecule has 25 heavy (non-hydrogen) atoms. The average molecular weight is 353 g/mol. The first-order valence-electron chi connectivity index (χ1n) is 7.79. The first kappa shape index (κ1) is 16.9. The number of carbonyl (C=O) groups excluding carboxylic acids is 1. The van der Waals surface area contributed by atoms with Gasteiger partial charge in [-0.1, -0.05) is 47.5 Å². The second kappa shape index (κ2) is 7.77. The molecule has 5 nitrogen and oxygen atoms in total. The lowest BCUT2D eigenvalue weighted by Gasteiger charge is -2.08. The highest BCUT2D eigenvalue weighted by Gasteiger charge is 2.09. The summed E-state index contributed by atoms with van der Waals surface area (Å²) in [4.78, 5) is 20.5. The Hall–Kier alpha value is -2.92. The normalized spacial score (nSPS) is 10.3. The number of carbonyl (C=O) groups is 1. The third-order valence-electron chi connectivity index (χ3n) is 3.62. The van der Waals surface area contributed by atoms with Gasteiger partial charge in [-0.2, -0.15) is 0 Å². The smallest absolute Gasteiger partial charge is 0.270 e. The van der Waals surface area contributed by atoms with Crippen molar-refractivity contribution in [2.24, 2.45) is 0 Å². The molecule has 0 fully saturated rings. The highest BCUT2D eigenvalue weighted by Crippen LogP contribution is 2.16. The van der Waals surface area contributed by atoms with Gasteiger partial charge in [0.25, 0.3) is 5.91 Å². The maximum atomic E-state index is 12.3. The second-order valence-electron chi connectivity index (χ2n) is 5.55. The molecule has 0 aliphatic carbocycles. The molecular weight excluding hydrogens is 336 g/mol. The van der Waals surface area contributed by atoms with Gasteiger partial charge in [-0.05, 0) is 30.7 Å². The van der Waals surface area contributed by atoms with Gasteiger partial charge in [0.15, 0.2) is 0 Å². The molecule has 0 saturated carbocycles. The molecule has 0 atom stereocenters. The number of nitrogens with zero attached hydrogens (tertiary/aromatic N) is 2. The van der Waals surface area contributed by atoms with Crippen molar-refractivity contribution in [1.29, 1.82) is 0 Å². The molecule has 1 amide bonds. The van der Waals surface area contributed by atoms with Gasteiger partial charge in [-0.25, -0.2) is 9.97 Å². The molecule has 0 saturated heterocycles. The van der Waals surface area contributed by atoms with E-state index in [2.05, 4.69) is 20.6 Å². The minimum atomic E-state index is -0.283. The topological polar surface area (TPSA) is 66.9 Å². The van der Waals surface area contributed by atoms with Crippen molar-refractivity contribution in [2.75, 3.05) is 5.32 Å². The summed E-state index contributed by atoms with van der Waals surface area (Å²) in [5.41, 5.74) is 3.21. The maximum absolute atomic E-state index is 12.3. The van der Waals surface area contributed by atoms with Gasteiger partial charge in [-0.3, -0.25) is 4.79 Å². The summed E-state index contributed by atoms with van der Waals surface area (Å²) >= 11 is 6.09. The van der Waals surface area contributed by atoms with Crippen LogP contribution in [0.3, 0.4) is 0 Å². The number of hydrogen-bond acceptors (Lipinski definition) is 4. The highest BCUT2D eigenvalue weighted by atomic mass is 35.5. The lowest BCUT2D eigenvalue weighted by molar-refractivity contribution is 0.0946. The molecule has 0 aliphatic rings. The minimum Gasteiger partial charge on any atom is -0.347 e. The Morgan fingerprint density at radius 1 is 1.08 bits per heavy atom. The van der Waals surface area contributed by atoms with Crippen LogP contribution in [0.2, 0.25) is 5.02 Å². The molecule has 1 aromatic heterocycles. The van der Waals surface area contributed by atoms with E-state index in [0.717, 1.165) is 11.3 Å². The SMILES string of the molecule is Cc1ccc(Nc2cc(C(=O)NCc3ccccc3Cl)ncn2)cc1. The summed E-state index contributed by atoms with van der Waals surface area (Å²) in [7, 11) is 0. The third kappa shape index (κ3) is 4.55. The number of benzene rings is 2. The fourth-order valence-corrected chi connectivity index (χ4v) is 2.44. The first-order valence-corrected chi connectivity index (χ1v) is 8.17. The predicted octanol–water partition coefficient (Wildman–Crippen LogP) is 4.11. The van der Waals surface area contributed by atoms with E-state index in [4.69, 9.17) is 11.6 Å². The first-order chi connectivity index (χ1) is 12.1. The van der Waals surface area contributed by atoms with Crippen molar-refractivity contribution < 1.29 is 4.79 Å². The lowest BCUT2D eigenvalue weighted by Crippen LogP contribution is -2.24. The van der Waals surface area contributed by atoms with E-state index in [1.807, 2.05) is 49.4 Å². The van der Waals surface area contributed by atoms with Crippen molar-refractivity contribution in [3.05, 3.63) is 82.8 Å². The van der Waals surface area contributed by atoms with Gasteiger partial charge in [0.05, 0.1) is 0 Å². The number of anilines is 2. The molecule has 0 radical (unpaired) electrons. The molecule has 1 heterocycles. The largest absolute Gasteiger partial charge is 0.347 e. The minimum absolute atomic E-state index is 0.283. The number of hydrogen-bond donors (Lipinski definition) is 2. The molecule has 6 heteroatoms. The number of halogens is 1. The average Bonchev–Trinajstić information content (AvgIpc) is 2.63. The third-order valence-corrected chi connectivity index (χ3v) is 3.99. The predicted molar refractivity (Wildman–Crippen MR) is 99.1 cm³/mol. The van der Waals surface area contributed by atoms with Gasteiger partial charge < -0.3 is 10.6 Å². The summed E-state index contributed by atoms with van der Waals surface area (Å²) in [5.74, 6) is 0.274. The summed E-state index contributed by atoms with van der Waals surface area (Å²) in [6.07, 6.45) is 1.36. The number of amides is 1. The van der Waals surface area contributed by atoms with Crippen molar-refractivity contribution >= 4 is 29.0 Å². The zero-order chi connectivity index (χ0) is 17.6. The molecule has 3 aromatic rings. The van der Waals surface area contributed by atoms with Crippen LogP contribution in [-0.2, 0) is 6.54 Å². The highest BCUT2D eigenvalue weighted by molar-refractivity contribution is 6.31. The van der Waals surface area contributed by atoms with Crippen LogP contribution in [0.25, 0.3) is 0 Å². The fraction of sp³-hybridized carbons (Fsp3) is 0.105. The number of nitrogens with one attached hydrogen (secondary N) is 2. The Labute approximate surface area is 151 Å². The molecule has 0 spiro atoms. The van der Waals surface area contributed by atoms with E-state index in [-0.39, 0.29) is 11.6 Å². The summed E-state index contributed by atoms with van der Waals surface area (Å²) in [5, 5.41) is 6.59. The van der Waals surface area contributed by atoms with Crippen molar-refractivity contribution in [1.82, 2.24) is 15.3 Å². The Kier molecular flexibility index (Phi) is 5.26. The quantitative estimate of drug-likeness (QED) is 0.725. The molecule has 2 aromatic carbocycles. The van der Waals surface area contributed by atoms with Gasteiger partial charge in [-0.15, -0.1) is 0 Å². The van der Waals surface area contributed by atoms with Crippen LogP contribution < -0.4 is 10.6 Å². The van der Waals surface area contributed by atoms with Crippen LogP contribution in [0.15, 0.2) is 60.9 Å². The van der Waals surface area contributed by atoms with E-state index >= 15 is 0 Å². The Bertz CT molecular complexity index is 881. The molecule has 3 rings (SSSR count). The number of aryl methyl sites for hydroxylation is 1.